The summed E-state index contributed by atoms with van der Waals surface area (Å²) in [7, 11) is -4.19. The number of anilines is 1. The van der Waals surface area contributed by atoms with Crippen molar-refractivity contribution in [1.82, 2.24) is 10.2 Å². The highest BCUT2D eigenvalue weighted by atomic mass is 32.2. The number of sulfonamides is 1. The fourth-order valence-corrected chi connectivity index (χ4v) is 5.66. The van der Waals surface area contributed by atoms with Crippen LogP contribution in [0, 0.1) is 13.8 Å². The number of aryl methyl sites for hydroxylation is 2. The van der Waals surface area contributed by atoms with E-state index in [9.17, 15) is 18.0 Å². The van der Waals surface area contributed by atoms with Crippen molar-refractivity contribution in [2.45, 2.75) is 71.5 Å². The van der Waals surface area contributed by atoms with Gasteiger partial charge in [-0.25, -0.2) is 8.42 Å². The van der Waals surface area contributed by atoms with Crippen LogP contribution in [-0.4, -0.2) is 49.9 Å². The Balaban J connectivity index is 2.08. The van der Waals surface area contributed by atoms with Crippen molar-refractivity contribution in [3.63, 3.8) is 0 Å². The number of amides is 2. The fraction of sp³-hybridized carbons (Fsp3) is 0.375. The number of hydrogen-bond donors (Lipinski definition) is 1. The van der Waals surface area contributed by atoms with E-state index in [4.69, 9.17) is 4.74 Å². The fourth-order valence-electron chi connectivity index (χ4n) is 4.24. The van der Waals surface area contributed by atoms with E-state index in [1.54, 1.807) is 50.2 Å². The van der Waals surface area contributed by atoms with Gasteiger partial charge in [-0.2, -0.15) is 0 Å². The highest BCUT2D eigenvalue weighted by Crippen LogP contribution is 2.33. The molecule has 0 aliphatic heterocycles. The van der Waals surface area contributed by atoms with Crippen LogP contribution < -0.4 is 14.4 Å². The van der Waals surface area contributed by atoms with Crippen molar-refractivity contribution in [2.24, 2.45) is 0 Å². The summed E-state index contributed by atoms with van der Waals surface area (Å²) in [6.45, 7) is 12.8. The Kier molecular flexibility index (Phi) is 10.2. The second-order valence-electron chi connectivity index (χ2n) is 11.1. The Morgan fingerprint density at radius 3 is 2.02 bits per heavy atom. The van der Waals surface area contributed by atoms with Gasteiger partial charge >= 0.3 is 0 Å². The zero-order chi connectivity index (χ0) is 30.4. The van der Waals surface area contributed by atoms with Gasteiger partial charge < -0.3 is 15.0 Å². The summed E-state index contributed by atoms with van der Waals surface area (Å²) in [4.78, 5) is 28.8. The zero-order valence-electron chi connectivity index (χ0n) is 25.0. The van der Waals surface area contributed by atoms with Crippen LogP contribution in [0.25, 0.3) is 0 Å². The second-order valence-corrected chi connectivity index (χ2v) is 13.0. The van der Waals surface area contributed by atoms with E-state index in [1.807, 2.05) is 58.9 Å². The van der Waals surface area contributed by atoms with Gasteiger partial charge in [-0.15, -0.1) is 0 Å². The van der Waals surface area contributed by atoms with E-state index in [-0.39, 0.29) is 23.0 Å². The van der Waals surface area contributed by atoms with Gasteiger partial charge in [-0.3, -0.25) is 13.9 Å². The van der Waals surface area contributed by atoms with Gasteiger partial charge in [0, 0.05) is 12.1 Å². The van der Waals surface area contributed by atoms with Crippen LogP contribution in [0.3, 0.4) is 0 Å². The van der Waals surface area contributed by atoms with Crippen molar-refractivity contribution < 1.29 is 22.7 Å². The first kappa shape index (κ1) is 31.7. The van der Waals surface area contributed by atoms with Crippen molar-refractivity contribution >= 4 is 27.5 Å². The largest absolute Gasteiger partial charge is 0.492 e. The average molecular weight is 580 g/mol. The maximum Gasteiger partial charge on any atom is 0.264 e. The van der Waals surface area contributed by atoms with Crippen LogP contribution in [0.5, 0.6) is 5.75 Å². The lowest BCUT2D eigenvalue weighted by Crippen LogP contribution is -2.54. The van der Waals surface area contributed by atoms with Crippen LogP contribution in [0.4, 0.5) is 5.69 Å². The lowest BCUT2D eigenvalue weighted by molar-refractivity contribution is -0.140. The molecule has 0 aliphatic carbocycles. The second kappa shape index (κ2) is 13.2. The lowest BCUT2D eigenvalue weighted by atomic mass is 10.1. The van der Waals surface area contributed by atoms with E-state index in [1.165, 1.54) is 17.0 Å². The Hall–Kier alpha value is -3.85. The predicted molar refractivity (Wildman–Crippen MR) is 162 cm³/mol. The van der Waals surface area contributed by atoms with Gasteiger partial charge in [-0.05, 0) is 78.3 Å². The summed E-state index contributed by atoms with van der Waals surface area (Å²) < 4.78 is 35.0. The van der Waals surface area contributed by atoms with Crippen LogP contribution in [0.2, 0.25) is 0 Å². The van der Waals surface area contributed by atoms with Crippen molar-refractivity contribution in [3.05, 3.63) is 89.5 Å². The molecule has 0 radical (unpaired) electrons. The van der Waals surface area contributed by atoms with Gasteiger partial charge in [-0.1, -0.05) is 59.7 Å². The van der Waals surface area contributed by atoms with E-state index in [0.29, 0.717) is 12.4 Å². The number of hydrogen-bond acceptors (Lipinski definition) is 5. The van der Waals surface area contributed by atoms with Gasteiger partial charge in [0.05, 0.1) is 17.2 Å². The predicted octanol–water partition coefficient (Wildman–Crippen LogP) is 5.23. The molecule has 0 saturated heterocycles. The first-order valence-corrected chi connectivity index (χ1v) is 15.1. The quantitative estimate of drug-likeness (QED) is 0.336. The number of carbonyl (C=O) groups is 2. The van der Waals surface area contributed by atoms with Crippen LogP contribution in [-0.2, 0) is 26.2 Å². The first-order chi connectivity index (χ1) is 19.2. The molecule has 1 N–H and O–H groups in total. The Morgan fingerprint density at radius 2 is 1.46 bits per heavy atom. The minimum Gasteiger partial charge on any atom is -0.492 e. The van der Waals surface area contributed by atoms with Crippen molar-refractivity contribution in [2.75, 3.05) is 17.5 Å². The Bertz CT molecular complexity index is 1450. The minimum absolute atomic E-state index is 0.0470. The molecule has 1 atom stereocenters. The zero-order valence-corrected chi connectivity index (χ0v) is 25.8. The van der Waals surface area contributed by atoms with E-state index in [2.05, 4.69) is 5.32 Å². The summed E-state index contributed by atoms with van der Waals surface area (Å²) in [5.41, 5.74) is 2.52. The van der Waals surface area contributed by atoms with Crippen molar-refractivity contribution in [1.29, 1.82) is 0 Å². The molecule has 0 heterocycles. The molecule has 0 saturated carbocycles. The molecular formula is C32H41N3O5S. The summed E-state index contributed by atoms with van der Waals surface area (Å²) in [5, 5.41) is 2.94. The normalized spacial score (nSPS) is 12.4. The molecule has 3 aromatic carbocycles. The summed E-state index contributed by atoms with van der Waals surface area (Å²) >= 11 is 0. The van der Waals surface area contributed by atoms with Gasteiger partial charge in [0.2, 0.25) is 11.8 Å². The molecule has 0 aromatic heterocycles. The van der Waals surface area contributed by atoms with E-state index in [0.717, 1.165) is 21.0 Å². The minimum atomic E-state index is -4.19. The molecule has 0 aliphatic rings. The topological polar surface area (TPSA) is 96.0 Å². The third-order valence-electron chi connectivity index (χ3n) is 6.46. The number of ether oxygens (including phenoxy) is 1. The SMILES string of the molecule is CCOc1ccccc1N(CC(=O)N(Cc1ccc(C)cc1)C(C)C(=O)NC(C)(C)C)S(=O)(=O)c1ccc(C)cc1. The van der Waals surface area contributed by atoms with Crippen molar-refractivity contribution in [3.8, 4) is 5.75 Å². The van der Waals surface area contributed by atoms with Gasteiger partial charge in [0.1, 0.15) is 18.3 Å². The van der Waals surface area contributed by atoms with Crippen LogP contribution >= 0.6 is 0 Å². The molecular weight excluding hydrogens is 538 g/mol. The molecule has 3 aromatic rings. The van der Waals surface area contributed by atoms with Crippen LogP contribution in [0.1, 0.15) is 51.3 Å². The monoisotopic (exact) mass is 579 g/mol. The number of nitrogens with zero attached hydrogens (tertiary/aromatic N) is 2. The lowest BCUT2D eigenvalue weighted by Gasteiger charge is -2.33. The van der Waals surface area contributed by atoms with Gasteiger partial charge in [0.25, 0.3) is 10.0 Å². The van der Waals surface area contributed by atoms with Gasteiger partial charge in [0.15, 0.2) is 0 Å². The maximum absolute atomic E-state index is 14.1. The molecule has 3 rings (SSSR count). The molecule has 220 valence electrons. The number of nitrogens with one attached hydrogen (secondary N) is 1. The molecule has 2 amide bonds. The number of rotatable bonds is 11. The summed E-state index contributed by atoms with van der Waals surface area (Å²) in [6.07, 6.45) is 0. The number of benzene rings is 3. The maximum atomic E-state index is 14.1. The van der Waals surface area contributed by atoms with E-state index >= 15 is 0 Å². The third-order valence-corrected chi connectivity index (χ3v) is 8.23. The third kappa shape index (κ3) is 8.33. The molecule has 8 nitrogen and oxygen atoms in total. The molecule has 1 unspecified atom stereocenters. The van der Waals surface area contributed by atoms with E-state index < -0.39 is 34.1 Å². The smallest absolute Gasteiger partial charge is 0.264 e. The Morgan fingerprint density at radius 1 is 0.902 bits per heavy atom. The summed E-state index contributed by atoms with van der Waals surface area (Å²) in [6, 6.07) is 20.0. The first-order valence-electron chi connectivity index (χ1n) is 13.7. The number of para-hydroxylation sites is 2. The standard InChI is InChI=1S/C32H41N3O5S/c1-8-40-29-12-10-9-11-28(29)35(41(38,39)27-19-15-24(3)16-20-27)22-30(36)34(21-26-17-13-23(2)14-18-26)25(4)31(37)33-32(5,6)7/h9-20,25H,8,21-22H2,1-7H3,(H,33,37). The van der Waals surface area contributed by atoms with Crippen LogP contribution in [0.15, 0.2) is 77.7 Å². The summed E-state index contributed by atoms with van der Waals surface area (Å²) in [5.74, 6) is -0.521. The highest BCUT2D eigenvalue weighted by molar-refractivity contribution is 7.92. The highest BCUT2D eigenvalue weighted by Gasteiger charge is 2.34. The molecule has 41 heavy (non-hydrogen) atoms. The average Bonchev–Trinajstić information content (AvgIpc) is 2.91. The molecule has 9 heteroatoms. The molecule has 0 fully saturated rings. The molecule has 0 bridgehead atoms. The number of carbonyl (C=O) groups excluding carboxylic acids is 2. The molecule has 0 spiro atoms. The Labute approximate surface area is 244 Å².